The first-order chi connectivity index (χ1) is 3.81. The van der Waals surface area contributed by atoms with Gasteiger partial charge in [-0.15, -0.1) is 12.4 Å². The van der Waals surface area contributed by atoms with E-state index in [1.54, 1.807) is 0 Å². The van der Waals surface area contributed by atoms with Crippen molar-refractivity contribution in [3.05, 3.63) is 0 Å². The van der Waals surface area contributed by atoms with Gasteiger partial charge in [0.25, 0.3) is 0 Å². The maximum absolute atomic E-state index is 6.76. The fraction of sp³-hybridized carbons (Fsp3) is 0.833. The summed E-state index contributed by atoms with van der Waals surface area (Å²) >= 11 is 0. The van der Waals surface area contributed by atoms with Crippen molar-refractivity contribution in [2.24, 2.45) is 5.92 Å². The van der Waals surface area contributed by atoms with Gasteiger partial charge in [0.1, 0.15) is 0 Å². The molecule has 0 radical (unpaired) electrons. The molecule has 0 bridgehead atoms. The van der Waals surface area contributed by atoms with Gasteiger partial charge >= 0.3 is 0 Å². The van der Waals surface area contributed by atoms with Crippen LogP contribution >= 0.6 is 12.4 Å². The van der Waals surface area contributed by atoms with E-state index in [2.05, 4.69) is 12.2 Å². The van der Waals surface area contributed by atoms with E-state index in [0.717, 1.165) is 13.0 Å². The van der Waals surface area contributed by atoms with Crippen molar-refractivity contribution < 1.29 is 0 Å². The minimum Gasteiger partial charge on any atom is -0.319 e. The predicted octanol–water partition coefficient (Wildman–Crippen LogP) is 1.30. The first-order valence-electron chi connectivity index (χ1n) is 2.94. The minimum atomic E-state index is 0. The number of hydrogen-bond acceptors (Lipinski definition) is 2. The molecule has 0 saturated carbocycles. The molecule has 0 fully saturated rings. The smallest absolute Gasteiger partial charge is 0.00226 e. The van der Waals surface area contributed by atoms with Crippen LogP contribution in [-0.4, -0.2) is 19.8 Å². The van der Waals surface area contributed by atoms with E-state index < -0.39 is 0 Å². The molecule has 2 nitrogen and oxygen atoms in total. The number of halogens is 1. The number of nitrogens with one attached hydrogen (secondary N) is 2. The summed E-state index contributed by atoms with van der Waals surface area (Å²) in [6.07, 6.45) is 2.35. The van der Waals surface area contributed by atoms with Crippen molar-refractivity contribution >= 4 is 18.6 Å². The molecule has 0 aliphatic rings. The molecule has 0 aromatic heterocycles. The lowest BCUT2D eigenvalue weighted by Crippen LogP contribution is -2.16. The molecule has 2 N–H and O–H groups in total. The molecule has 0 saturated heterocycles. The molecule has 1 atom stereocenters. The standard InChI is InChI=1S/C6H14N2.ClH/c1-6(3-4-7)5-8-2;/h4,6-8H,3,5H2,1-2H3;1H. The summed E-state index contributed by atoms with van der Waals surface area (Å²) in [6.45, 7) is 3.14. The summed E-state index contributed by atoms with van der Waals surface area (Å²) in [5, 5.41) is 9.81. The van der Waals surface area contributed by atoms with Gasteiger partial charge in [-0.25, -0.2) is 0 Å². The highest BCUT2D eigenvalue weighted by Crippen LogP contribution is 1.94. The van der Waals surface area contributed by atoms with E-state index in [-0.39, 0.29) is 12.4 Å². The Kier molecular flexibility index (Phi) is 10.3. The third kappa shape index (κ3) is 7.92. The summed E-state index contributed by atoms with van der Waals surface area (Å²) < 4.78 is 0. The van der Waals surface area contributed by atoms with Crippen molar-refractivity contribution in [3.8, 4) is 0 Å². The van der Waals surface area contributed by atoms with E-state index in [0.29, 0.717) is 5.92 Å². The maximum atomic E-state index is 6.76. The Bertz CT molecular complexity index is 66.1. The zero-order valence-corrected chi connectivity index (χ0v) is 6.79. The number of hydrogen-bond donors (Lipinski definition) is 2. The topological polar surface area (TPSA) is 35.9 Å². The highest BCUT2D eigenvalue weighted by Gasteiger charge is 1.94. The van der Waals surface area contributed by atoms with E-state index >= 15 is 0 Å². The molecular weight excluding hydrogens is 136 g/mol. The van der Waals surface area contributed by atoms with Gasteiger partial charge in [0, 0.05) is 0 Å². The Morgan fingerprint density at radius 2 is 2.22 bits per heavy atom. The molecule has 3 heteroatoms. The highest BCUT2D eigenvalue weighted by atomic mass is 35.5. The Morgan fingerprint density at radius 1 is 1.67 bits per heavy atom. The van der Waals surface area contributed by atoms with Crippen molar-refractivity contribution in [1.29, 1.82) is 5.41 Å². The Labute approximate surface area is 63.0 Å². The lowest BCUT2D eigenvalue weighted by molar-refractivity contribution is 0.567. The van der Waals surface area contributed by atoms with E-state index in [1.807, 2.05) is 7.05 Å². The van der Waals surface area contributed by atoms with Gasteiger partial charge in [0.05, 0.1) is 0 Å². The average Bonchev–Trinajstić information content (AvgIpc) is 1.68. The molecule has 56 valence electrons. The van der Waals surface area contributed by atoms with Crippen LogP contribution in [0.15, 0.2) is 0 Å². The summed E-state index contributed by atoms with van der Waals surface area (Å²) in [5.74, 6) is 0.609. The van der Waals surface area contributed by atoms with Crippen LogP contribution in [0.4, 0.5) is 0 Å². The molecule has 0 rings (SSSR count). The zero-order valence-electron chi connectivity index (χ0n) is 5.98. The molecule has 0 amide bonds. The lowest BCUT2D eigenvalue weighted by atomic mass is 10.1. The van der Waals surface area contributed by atoms with E-state index in [9.17, 15) is 0 Å². The SMILES string of the molecule is CNCC(C)CC=N.Cl. The first kappa shape index (κ1) is 11.7. The molecule has 0 aliphatic carbocycles. The van der Waals surface area contributed by atoms with Crippen molar-refractivity contribution in [3.63, 3.8) is 0 Å². The lowest BCUT2D eigenvalue weighted by Gasteiger charge is -2.04. The summed E-state index contributed by atoms with van der Waals surface area (Å²) in [6, 6.07) is 0. The van der Waals surface area contributed by atoms with Gasteiger partial charge in [0.2, 0.25) is 0 Å². The predicted molar refractivity (Wildman–Crippen MR) is 43.7 cm³/mol. The molecule has 0 heterocycles. The van der Waals surface area contributed by atoms with Gasteiger partial charge in [-0.2, -0.15) is 0 Å². The van der Waals surface area contributed by atoms with Gasteiger partial charge < -0.3 is 10.7 Å². The zero-order chi connectivity index (χ0) is 6.41. The second-order valence-electron chi connectivity index (χ2n) is 2.10. The van der Waals surface area contributed by atoms with Crippen molar-refractivity contribution in [1.82, 2.24) is 5.32 Å². The third-order valence-corrected chi connectivity index (χ3v) is 1.07. The minimum absolute atomic E-state index is 0. The average molecular weight is 151 g/mol. The second-order valence-corrected chi connectivity index (χ2v) is 2.10. The van der Waals surface area contributed by atoms with Crippen LogP contribution < -0.4 is 5.32 Å². The summed E-state index contributed by atoms with van der Waals surface area (Å²) in [4.78, 5) is 0. The largest absolute Gasteiger partial charge is 0.319 e. The quantitative estimate of drug-likeness (QED) is 0.583. The van der Waals surface area contributed by atoms with Crippen LogP contribution in [0, 0.1) is 11.3 Å². The van der Waals surface area contributed by atoms with E-state index in [4.69, 9.17) is 5.41 Å². The van der Waals surface area contributed by atoms with Crippen molar-refractivity contribution in [2.75, 3.05) is 13.6 Å². The van der Waals surface area contributed by atoms with Crippen LogP contribution in [0.25, 0.3) is 0 Å². The monoisotopic (exact) mass is 150 g/mol. The molecule has 0 spiro atoms. The van der Waals surface area contributed by atoms with Crippen LogP contribution in [0.3, 0.4) is 0 Å². The van der Waals surface area contributed by atoms with Crippen LogP contribution in [-0.2, 0) is 0 Å². The van der Waals surface area contributed by atoms with Crippen LogP contribution in [0.1, 0.15) is 13.3 Å². The highest BCUT2D eigenvalue weighted by molar-refractivity contribution is 5.85. The van der Waals surface area contributed by atoms with Gasteiger partial charge in [-0.1, -0.05) is 6.92 Å². The Morgan fingerprint density at radius 3 is 2.56 bits per heavy atom. The number of rotatable bonds is 4. The molecule has 1 unspecified atom stereocenters. The molecule has 0 aliphatic heterocycles. The maximum Gasteiger partial charge on any atom is -0.00226 e. The first-order valence-corrected chi connectivity index (χ1v) is 2.94. The molecule has 0 aromatic rings. The third-order valence-electron chi connectivity index (χ3n) is 1.07. The van der Waals surface area contributed by atoms with Crippen LogP contribution in [0.2, 0.25) is 0 Å². The second kappa shape index (κ2) is 7.92. The summed E-state index contributed by atoms with van der Waals surface area (Å²) in [5.41, 5.74) is 0. The molecule has 0 aromatic carbocycles. The summed E-state index contributed by atoms with van der Waals surface area (Å²) in [7, 11) is 1.93. The van der Waals surface area contributed by atoms with E-state index in [1.165, 1.54) is 6.21 Å². The van der Waals surface area contributed by atoms with Crippen LogP contribution in [0.5, 0.6) is 0 Å². The Hall–Kier alpha value is -0.0800. The normalized spacial score (nSPS) is 11.8. The molecular formula is C6H15ClN2. The van der Waals surface area contributed by atoms with Gasteiger partial charge in [0.15, 0.2) is 0 Å². The molecule has 9 heavy (non-hydrogen) atoms. The fourth-order valence-electron chi connectivity index (χ4n) is 0.633. The van der Waals surface area contributed by atoms with Gasteiger partial charge in [-0.3, -0.25) is 0 Å². The van der Waals surface area contributed by atoms with Crippen molar-refractivity contribution in [2.45, 2.75) is 13.3 Å². The van der Waals surface area contributed by atoms with Gasteiger partial charge in [-0.05, 0) is 32.1 Å². The Balaban J connectivity index is 0. The fourth-order valence-corrected chi connectivity index (χ4v) is 0.633.